The molecule has 0 saturated heterocycles. The van der Waals surface area contributed by atoms with Crippen molar-refractivity contribution in [3.8, 4) is 0 Å². The Bertz CT molecular complexity index is 268. The van der Waals surface area contributed by atoms with Gasteiger partial charge in [0.2, 0.25) is 5.90 Å². The van der Waals surface area contributed by atoms with Crippen LogP contribution in [0.1, 0.15) is 12.5 Å². The molecule has 0 aliphatic heterocycles. The summed E-state index contributed by atoms with van der Waals surface area (Å²) in [7, 11) is 0. The summed E-state index contributed by atoms with van der Waals surface area (Å²) in [6.45, 7) is 2.42. The van der Waals surface area contributed by atoms with Crippen LogP contribution in [0.4, 0.5) is 0 Å². The van der Waals surface area contributed by atoms with E-state index in [4.69, 9.17) is 10.1 Å². The van der Waals surface area contributed by atoms with E-state index < -0.39 is 0 Å². The molecule has 1 N–H and O–H groups in total. The van der Waals surface area contributed by atoms with Gasteiger partial charge in [-0.2, -0.15) is 0 Å². The van der Waals surface area contributed by atoms with Crippen molar-refractivity contribution >= 4 is 28.5 Å². The fraction of sp³-hybridized carbons (Fsp3) is 0.222. The highest BCUT2D eigenvalue weighted by Crippen LogP contribution is 2.07. The van der Waals surface area contributed by atoms with Crippen LogP contribution in [0, 0.1) is 8.98 Å². The van der Waals surface area contributed by atoms with Crippen molar-refractivity contribution in [3.63, 3.8) is 0 Å². The highest BCUT2D eigenvalue weighted by Gasteiger charge is 1.99. The third kappa shape index (κ3) is 2.48. The average molecular weight is 275 g/mol. The van der Waals surface area contributed by atoms with Crippen LogP contribution in [0.2, 0.25) is 0 Å². The van der Waals surface area contributed by atoms with Crippen molar-refractivity contribution in [2.75, 3.05) is 6.61 Å². The molecule has 1 aromatic carbocycles. The third-order valence-electron chi connectivity index (χ3n) is 1.40. The summed E-state index contributed by atoms with van der Waals surface area (Å²) in [5, 5.41) is 7.48. The highest BCUT2D eigenvalue weighted by molar-refractivity contribution is 14.1. The smallest absolute Gasteiger partial charge is 0.213 e. The van der Waals surface area contributed by atoms with Crippen LogP contribution < -0.4 is 0 Å². The first-order chi connectivity index (χ1) is 5.74. The van der Waals surface area contributed by atoms with Gasteiger partial charge < -0.3 is 4.74 Å². The van der Waals surface area contributed by atoms with Crippen LogP contribution in [-0.2, 0) is 4.74 Å². The molecule has 0 aliphatic rings. The van der Waals surface area contributed by atoms with Crippen LogP contribution >= 0.6 is 22.6 Å². The van der Waals surface area contributed by atoms with Crippen molar-refractivity contribution in [1.82, 2.24) is 0 Å². The first-order valence-electron chi connectivity index (χ1n) is 3.71. The number of hydrogen-bond acceptors (Lipinski definition) is 2. The van der Waals surface area contributed by atoms with Gasteiger partial charge in [0.05, 0.1) is 6.61 Å². The molecule has 0 unspecified atom stereocenters. The van der Waals surface area contributed by atoms with Crippen LogP contribution in [-0.4, -0.2) is 12.5 Å². The molecule has 3 heteroatoms. The Kier molecular flexibility index (Phi) is 3.52. The summed E-state index contributed by atoms with van der Waals surface area (Å²) in [4.78, 5) is 0. The SMILES string of the molecule is CCOC(=N)c1ccc(I)cc1. The highest BCUT2D eigenvalue weighted by atomic mass is 127. The second kappa shape index (κ2) is 4.45. The Balaban J connectivity index is 2.75. The largest absolute Gasteiger partial charge is 0.478 e. The summed E-state index contributed by atoms with van der Waals surface area (Å²) in [5.74, 6) is 0.244. The van der Waals surface area contributed by atoms with E-state index in [0.717, 1.165) is 5.56 Å². The zero-order chi connectivity index (χ0) is 8.97. The summed E-state index contributed by atoms with van der Waals surface area (Å²) in [6.07, 6.45) is 0. The Hall–Kier alpha value is -0.580. The number of halogens is 1. The number of rotatable bonds is 2. The van der Waals surface area contributed by atoms with Gasteiger partial charge in [0, 0.05) is 9.13 Å². The van der Waals surface area contributed by atoms with Crippen molar-refractivity contribution < 1.29 is 4.74 Å². The second-order valence-electron chi connectivity index (χ2n) is 2.27. The molecule has 64 valence electrons. The lowest BCUT2D eigenvalue weighted by atomic mass is 10.2. The van der Waals surface area contributed by atoms with Gasteiger partial charge >= 0.3 is 0 Å². The molecule has 1 aromatic rings. The number of ether oxygens (including phenoxy) is 1. The van der Waals surface area contributed by atoms with E-state index in [0.29, 0.717) is 6.61 Å². The summed E-state index contributed by atoms with van der Waals surface area (Å²) in [6, 6.07) is 7.70. The molecule has 0 amide bonds. The predicted octanol–water partition coefficient (Wildman–Crippen LogP) is 2.65. The van der Waals surface area contributed by atoms with Crippen molar-refractivity contribution in [3.05, 3.63) is 33.4 Å². The zero-order valence-corrected chi connectivity index (χ0v) is 8.96. The molecule has 0 spiro atoms. The molecule has 0 atom stereocenters. The molecule has 0 heterocycles. The summed E-state index contributed by atoms with van der Waals surface area (Å²) >= 11 is 2.23. The van der Waals surface area contributed by atoms with Gasteiger partial charge in [-0.1, -0.05) is 0 Å². The monoisotopic (exact) mass is 275 g/mol. The van der Waals surface area contributed by atoms with E-state index in [9.17, 15) is 0 Å². The first-order valence-corrected chi connectivity index (χ1v) is 4.79. The van der Waals surface area contributed by atoms with Crippen LogP contribution in [0.5, 0.6) is 0 Å². The van der Waals surface area contributed by atoms with E-state index in [-0.39, 0.29) is 5.90 Å². The quantitative estimate of drug-likeness (QED) is 0.502. The average Bonchev–Trinajstić information content (AvgIpc) is 2.06. The Morgan fingerprint density at radius 1 is 1.42 bits per heavy atom. The maximum atomic E-state index is 7.48. The maximum Gasteiger partial charge on any atom is 0.213 e. The molecule has 1 rings (SSSR count). The minimum Gasteiger partial charge on any atom is -0.478 e. The minimum atomic E-state index is 0.244. The van der Waals surface area contributed by atoms with Crippen LogP contribution in [0.25, 0.3) is 0 Å². The van der Waals surface area contributed by atoms with Gasteiger partial charge in [-0.05, 0) is 53.8 Å². The van der Waals surface area contributed by atoms with Gasteiger partial charge in [0.25, 0.3) is 0 Å². The molecule has 2 nitrogen and oxygen atoms in total. The summed E-state index contributed by atoms with van der Waals surface area (Å²) < 4.78 is 6.22. The van der Waals surface area contributed by atoms with E-state index in [1.165, 1.54) is 3.57 Å². The Morgan fingerprint density at radius 3 is 2.50 bits per heavy atom. The van der Waals surface area contributed by atoms with Gasteiger partial charge in [-0.25, -0.2) is 0 Å². The molecule has 0 radical (unpaired) electrons. The predicted molar refractivity (Wildman–Crippen MR) is 57.6 cm³/mol. The van der Waals surface area contributed by atoms with Gasteiger partial charge in [-0.3, -0.25) is 5.41 Å². The molecular formula is C9H10INO. The number of benzene rings is 1. The van der Waals surface area contributed by atoms with Crippen LogP contribution in [0.3, 0.4) is 0 Å². The molecule has 12 heavy (non-hydrogen) atoms. The molecule has 0 aliphatic carbocycles. The molecule has 0 aromatic heterocycles. The third-order valence-corrected chi connectivity index (χ3v) is 2.11. The molecule has 0 fully saturated rings. The number of nitrogens with one attached hydrogen (secondary N) is 1. The normalized spacial score (nSPS) is 9.50. The lowest BCUT2D eigenvalue weighted by Gasteiger charge is -2.03. The number of hydrogen-bond donors (Lipinski definition) is 1. The van der Waals surface area contributed by atoms with E-state index in [1.807, 2.05) is 31.2 Å². The maximum absolute atomic E-state index is 7.48. The van der Waals surface area contributed by atoms with Crippen LogP contribution in [0.15, 0.2) is 24.3 Å². The zero-order valence-electron chi connectivity index (χ0n) is 6.80. The molecular weight excluding hydrogens is 265 g/mol. The minimum absolute atomic E-state index is 0.244. The molecule has 0 saturated carbocycles. The molecule has 0 bridgehead atoms. The van der Waals surface area contributed by atoms with Gasteiger partial charge in [-0.15, -0.1) is 0 Å². The Morgan fingerprint density at radius 2 is 2.00 bits per heavy atom. The lowest BCUT2D eigenvalue weighted by Crippen LogP contribution is -2.04. The fourth-order valence-electron chi connectivity index (χ4n) is 0.829. The topological polar surface area (TPSA) is 33.1 Å². The van der Waals surface area contributed by atoms with Crippen molar-refractivity contribution in [1.29, 1.82) is 5.41 Å². The first kappa shape index (κ1) is 9.51. The van der Waals surface area contributed by atoms with E-state index in [2.05, 4.69) is 22.6 Å². The standard InChI is InChI=1S/C9H10INO/c1-2-12-9(11)7-3-5-8(10)6-4-7/h3-6,11H,2H2,1H3. The fourth-order valence-corrected chi connectivity index (χ4v) is 1.19. The second-order valence-corrected chi connectivity index (χ2v) is 3.51. The lowest BCUT2D eigenvalue weighted by molar-refractivity contribution is 0.325. The summed E-state index contributed by atoms with van der Waals surface area (Å²) in [5.41, 5.74) is 0.831. The van der Waals surface area contributed by atoms with Gasteiger partial charge in [0.15, 0.2) is 0 Å². The van der Waals surface area contributed by atoms with E-state index in [1.54, 1.807) is 0 Å². The van der Waals surface area contributed by atoms with E-state index >= 15 is 0 Å². The Labute approximate surface area is 85.6 Å². The van der Waals surface area contributed by atoms with Gasteiger partial charge in [0.1, 0.15) is 0 Å². The van der Waals surface area contributed by atoms with Crippen molar-refractivity contribution in [2.45, 2.75) is 6.92 Å². The van der Waals surface area contributed by atoms with Crippen molar-refractivity contribution in [2.24, 2.45) is 0 Å².